The molecule has 5 heteroatoms. The first-order chi connectivity index (χ1) is 9.65. The van der Waals surface area contributed by atoms with E-state index in [0.29, 0.717) is 25.7 Å². The Hall–Kier alpha value is -0.910. The van der Waals surface area contributed by atoms with E-state index in [1.54, 1.807) is 0 Å². The van der Waals surface area contributed by atoms with Crippen molar-refractivity contribution in [3.63, 3.8) is 0 Å². The van der Waals surface area contributed by atoms with E-state index in [1.807, 2.05) is 30.8 Å². The van der Waals surface area contributed by atoms with Crippen molar-refractivity contribution in [1.82, 2.24) is 9.78 Å². The molecular formula is C15H28N2O3. The van der Waals surface area contributed by atoms with Crippen LogP contribution in [-0.4, -0.2) is 40.5 Å². The number of aliphatic hydroxyl groups is 1. The lowest BCUT2D eigenvalue weighted by Crippen LogP contribution is -2.33. The van der Waals surface area contributed by atoms with E-state index < -0.39 is 12.4 Å². The average molecular weight is 284 g/mol. The summed E-state index contributed by atoms with van der Waals surface area (Å²) in [5.41, 5.74) is 0.869. The summed E-state index contributed by atoms with van der Waals surface area (Å²) in [5, 5.41) is 14.7. The molecule has 0 aliphatic heterocycles. The van der Waals surface area contributed by atoms with E-state index in [-0.39, 0.29) is 0 Å². The third-order valence-corrected chi connectivity index (χ3v) is 3.37. The Morgan fingerprint density at radius 3 is 2.25 bits per heavy atom. The first kappa shape index (κ1) is 17.1. The molecule has 1 heterocycles. The standard InChI is InChI=1S/C15H28N2O3/c1-5-13(6-2)17-10-9-12(16-17)11-14(18)15(19-7-3)20-8-4/h9-10,13-15,18H,5-8,11H2,1-4H3. The summed E-state index contributed by atoms with van der Waals surface area (Å²) < 4.78 is 12.8. The summed E-state index contributed by atoms with van der Waals surface area (Å²) in [6, 6.07) is 2.38. The third-order valence-electron chi connectivity index (χ3n) is 3.37. The summed E-state index contributed by atoms with van der Waals surface area (Å²) in [7, 11) is 0. The molecule has 0 amide bonds. The number of nitrogens with zero attached hydrogens (tertiary/aromatic N) is 2. The van der Waals surface area contributed by atoms with Gasteiger partial charge in [0.1, 0.15) is 6.10 Å². The fourth-order valence-electron chi connectivity index (χ4n) is 2.26. The highest BCUT2D eigenvalue weighted by Crippen LogP contribution is 2.16. The second kappa shape index (κ2) is 9.10. The van der Waals surface area contributed by atoms with E-state index in [2.05, 4.69) is 18.9 Å². The molecular weight excluding hydrogens is 256 g/mol. The fraction of sp³-hybridized carbons (Fsp3) is 0.800. The van der Waals surface area contributed by atoms with Gasteiger partial charge in [0.15, 0.2) is 6.29 Å². The van der Waals surface area contributed by atoms with Gasteiger partial charge in [0.25, 0.3) is 0 Å². The number of aliphatic hydroxyl groups excluding tert-OH is 1. The van der Waals surface area contributed by atoms with E-state index in [9.17, 15) is 5.11 Å². The largest absolute Gasteiger partial charge is 0.387 e. The Morgan fingerprint density at radius 1 is 1.15 bits per heavy atom. The van der Waals surface area contributed by atoms with Gasteiger partial charge in [0, 0.05) is 25.8 Å². The van der Waals surface area contributed by atoms with Gasteiger partial charge >= 0.3 is 0 Å². The maximum Gasteiger partial charge on any atom is 0.183 e. The Labute approximate surface area is 121 Å². The molecule has 0 saturated heterocycles. The minimum Gasteiger partial charge on any atom is -0.387 e. The topological polar surface area (TPSA) is 56.5 Å². The van der Waals surface area contributed by atoms with Crippen LogP contribution in [0.1, 0.15) is 52.3 Å². The van der Waals surface area contributed by atoms with Crippen LogP contribution in [0.3, 0.4) is 0 Å². The van der Waals surface area contributed by atoms with Crippen molar-refractivity contribution in [2.45, 2.75) is 65.4 Å². The SMILES string of the molecule is CCOC(OCC)C(O)Cc1ccn(C(CC)CC)n1. The Morgan fingerprint density at radius 2 is 1.75 bits per heavy atom. The average Bonchev–Trinajstić information content (AvgIpc) is 2.88. The van der Waals surface area contributed by atoms with Gasteiger partial charge in [-0.3, -0.25) is 4.68 Å². The first-order valence-electron chi connectivity index (χ1n) is 7.61. The van der Waals surface area contributed by atoms with Gasteiger partial charge in [-0.15, -0.1) is 0 Å². The number of hydrogen-bond acceptors (Lipinski definition) is 4. The van der Waals surface area contributed by atoms with Gasteiger partial charge in [0.05, 0.1) is 11.7 Å². The van der Waals surface area contributed by atoms with Crippen molar-refractivity contribution in [2.75, 3.05) is 13.2 Å². The Balaban J connectivity index is 2.62. The maximum atomic E-state index is 10.2. The zero-order valence-electron chi connectivity index (χ0n) is 13.1. The van der Waals surface area contributed by atoms with Crippen LogP contribution in [0.25, 0.3) is 0 Å². The lowest BCUT2D eigenvalue weighted by atomic mass is 10.2. The normalized spacial score (nSPS) is 13.3. The molecule has 1 N–H and O–H groups in total. The molecule has 0 aromatic carbocycles. The molecule has 0 radical (unpaired) electrons. The molecule has 0 aliphatic rings. The predicted molar refractivity (Wildman–Crippen MR) is 78.6 cm³/mol. The minimum absolute atomic E-state index is 0.426. The Bertz CT molecular complexity index is 358. The van der Waals surface area contributed by atoms with E-state index in [1.165, 1.54) is 0 Å². The number of hydrogen-bond donors (Lipinski definition) is 1. The predicted octanol–water partition coefficient (Wildman–Crippen LogP) is 2.55. The molecule has 0 aliphatic carbocycles. The highest BCUT2D eigenvalue weighted by Gasteiger charge is 2.21. The van der Waals surface area contributed by atoms with E-state index >= 15 is 0 Å². The molecule has 0 spiro atoms. The molecule has 5 nitrogen and oxygen atoms in total. The second-order valence-corrected chi connectivity index (χ2v) is 4.81. The number of ether oxygens (including phenoxy) is 2. The van der Waals surface area contributed by atoms with Gasteiger partial charge in [-0.1, -0.05) is 13.8 Å². The molecule has 1 aromatic heterocycles. The summed E-state index contributed by atoms with van der Waals surface area (Å²) in [6.45, 7) is 9.13. The van der Waals surface area contributed by atoms with Gasteiger partial charge in [-0.05, 0) is 32.8 Å². The van der Waals surface area contributed by atoms with Gasteiger partial charge in [-0.2, -0.15) is 5.10 Å². The van der Waals surface area contributed by atoms with Gasteiger partial charge in [-0.25, -0.2) is 0 Å². The fourth-order valence-corrected chi connectivity index (χ4v) is 2.26. The zero-order chi connectivity index (χ0) is 15.0. The van der Waals surface area contributed by atoms with E-state index in [4.69, 9.17) is 9.47 Å². The van der Waals surface area contributed by atoms with Crippen molar-refractivity contribution in [3.05, 3.63) is 18.0 Å². The van der Waals surface area contributed by atoms with Crippen molar-refractivity contribution < 1.29 is 14.6 Å². The van der Waals surface area contributed by atoms with Crippen LogP contribution in [0.2, 0.25) is 0 Å². The summed E-state index contributed by atoms with van der Waals surface area (Å²) in [5.74, 6) is 0. The molecule has 20 heavy (non-hydrogen) atoms. The van der Waals surface area contributed by atoms with Crippen LogP contribution in [0.5, 0.6) is 0 Å². The molecule has 0 bridgehead atoms. The van der Waals surface area contributed by atoms with Crippen LogP contribution in [-0.2, 0) is 15.9 Å². The minimum atomic E-state index is -0.694. The highest BCUT2D eigenvalue weighted by molar-refractivity contribution is 5.01. The van der Waals surface area contributed by atoms with Crippen molar-refractivity contribution in [2.24, 2.45) is 0 Å². The van der Waals surface area contributed by atoms with Gasteiger partial charge < -0.3 is 14.6 Å². The summed E-state index contributed by atoms with van der Waals surface area (Å²) in [6.07, 6.45) is 3.26. The number of aromatic nitrogens is 2. The van der Waals surface area contributed by atoms with Crippen molar-refractivity contribution in [3.8, 4) is 0 Å². The smallest absolute Gasteiger partial charge is 0.183 e. The summed E-state index contributed by atoms with van der Waals surface area (Å²) >= 11 is 0. The molecule has 1 aromatic rings. The van der Waals surface area contributed by atoms with Crippen LogP contribution >= 0.6 is 0 Å². The first-order valence-corrected chi connectivity index (χ1v) is 7.61. The van der Waals surface area contributed by atoms with Crippen LogP contribution < -0.4 is 0 Å². The molecule has 0 fully saturated rings. The zero-order valence-corrected chi connectivity index (χ0v) is 13.1. The highest BCUT2D eigenvalue weighted by atomic mass is 16.7. The second-order valence-electron chi connectivity index (χ2n) is 4.81. The van der Waals surface area contributed by atoms with Crippen LogP contribution in [0.15, 0.2) is 12.3 Å². The lowest BCUT2D eigenvalue weighted by Gasteiger charge is -2.22. The molecule has 0 saturated carbocycles. The van der Waals surface area contributed by atoms with E-state index in [0.717, 1.165) is 18.5 Å². The van der Waals surface area contributed by atoms with Crippen molar-refractivity contribution in [1.29, 1.82) is 0 Å². The van der Waals surface area contributed by atoms with Crippen molar-refractivity contribution >= 4 is 0 Å². The molecule has 1 unspecified atom stereocenters. The van der Waals surface area contributed by atoms with Crippen LogP contribution in [0.4, 0.5) is 0 Å². The third kappa shape index (κ3) is 4.89. The molecule has 1 rings (SSSR count). The van der Waals surface area contributed by atoms with Gasteiger partial charge in [0.2, 0.25) is 0 Å². The Kier molecular flexibility index (Phi) is 7.80. The monoisotopic (exact) mass is 284 g/mol. The molecule has 116 valence electrons. The number of rotatable bonds is 10. The molecule has 1 atom stereocenters. The maximum absolute atomic E-state index is 10.2. The quantitative estimate of drug-likeness (QED) is 0.671. The lowest BCUT2D eigenvalue weighted by molar-refractivity contribution is -0.189. The van der Waals surface area contributed by atoms with Crippen LogP contribution in [0, 0.1) is 0 Å². The summed E-state index contributed by atoms with van der Waals surface area (Å²) in [4.78, 5) is 0.